The van der Waals surface area contributed by atoms with Crippen LogP contribution in [-0.4, -0.2) is 40.0 Å². The third kappa shape index (κ3) is 5.07. The molecule has 0 aliphatic carbocycles. The van der Waals surface area contributed by atoms with Gasteiger partial charge in [0.2, 0.25) is 0 Å². The van der Waals surface area contributed by atoms with Gasteiger partial charge in [0.05, 0.1) is 0 Å². The number of carboxylic acids is 1. The Labute approximate surface area is 166 Å². The maximum atomic E-state index is 12.2. The third-order valence-corrected chi connectivity index (χ3v) is 3.74. The number of fused-ring (bicyclic) bond motifs is 1. The molecule has 0 saturated carbocycles. The van der Waals surface area contributed by atoms with Gasteiger partial charge in [-0.05, 0) is 42.5 Å². The van der Waals surface area contributed by atoms with Crippen LogP contribution in [0.15, 0.2) is 48.7 Å². The van der Waals surface area contributed by atoms with Crippen molar-refractivity contribution in [1.29, 1.82) is 0 Å². The van der Waals surface area contributed by atoms with Gasteiger partial charge in [-0.15, -0.1) is 13.2 Å². The second kappa shape index (κ2) is 8.15. The fourth-order valence-corrected chi connectivity index (χ4v) is 2.50. The zero-order valence-electron chi connectivity index (χ0n) is 14.9. The van der Waals surface area contributed by atoms with Crippen LogP contribution in [0, 0.1) is 0 Å². The fourth-order valence-electron chi connectivity index (χ4n) is 2.50. The quantitative estimate of drug-likeness (QED) is 0.557. The van der Waals surface area contributed by atoms with E-state index in [2.05, 4.69) is 15.0 Å². The fraction of sp³-hybridized carbons (Fsp3) is 0.105. The van der Waals surface area contributed by atoms with Crippen LogP contribution < -0.4 is 14.8 Å². The summed E-state index contributed by atoms with van der Waals surface area (Å²) in [5.74, 6) is -2.38. The third-order valence-electron chi connectivity index (χ3n) is 3.74. The van der Waals surface area contributed by atoms with E-state index in [1.165, 1.54) is 36.5 Å². The Kier molecular flexibility index (Phi) is 5.63. The number of carboxylic acid groups (broad SMARTS) is 1. The summed E-state index contributed by atoms with van der Waals surface area (Å²) in [4.78, 5) is 26.3. The lowest BCUT2D eigenvalue weighted by atomic mass is 10.1. The van der Waals surface area contributed by atoms with Crippen LogP contribution in [-0.2, 0) is 4.79 Å². The average Bonchev–Trinajstić information content (AvgIpc) is 2.67. The number of alkyl halides is 3. The molecule has 3 aromatic rings. The number of aromatic hydroxyl groups is 1. The molecule has 0 bridgehead atoms. The highest BCUT2D eigenvalue weighted by atomic mass is 19.4. The molecule has 0 saturated heterocycles. The second-order valence-corrected chi connectivity index (χ2v) is 5.90. The first-order valence-corrected chi connectivity index (χ1v) is 8.28. The second-order valence-electron chi connectivity index (χ2n) is 5.90. The maximum absolute atomic E-state index is 12.2. The normalized spacial score (nSPS) is 11.2. The molecule has 1 amide bonds. The van der Waals surface area contributed by atoms with Gasteiger partial charge in [0.25, 0.3) is 5.91 Å². The summed E-state index contributed by atoms with van der Waals surface area (Å²) in [6.45, 7) is -0.627. The minimum Gasteiger partial charge on any atom is -0.505 e. The largest absolute Gasteiger partial charge is 0.573 e. The van der Waals surface area contributed by atoms with E-state index in [4.69, 9.17) is 9.84 Å². The van der Waals surface area contributed by atoms with Crippen molar-refractivity contribution in [2.24, 2.45) is 0 Å². The Balaban J connectivity index is 1.78. The van der Waals surface area contributed by atoms with E-state index >= 15 is 0 Å². The van der Waals surface area contributed by atoms with E-state index < -0.39 is 36.3 Å². The summed E-state index contributed by atoms with van der Waals surface area (Å²) in [6, 6.07) is 9.20. The SMILES string of the molecule is O=C(O)CNC(=O)c1ncc2cc(Oc3ccc(OC(F)(F)F)cc3)ccc2c1O. The first-order valence-electron chi connectivity index (χ1n) is 8.28. The van der Waals surface area contributed by atoms with Crippen LogP contribution in [0.4, 0.5) is 13.2 Å². The molecule has 156 valence electrons. The molecule has 0 fully saturated rings. The molecule has 1 aromatic heterocycles. The lowest BCUT2D eigenvalue weighted by Crippen LogP contribution is -2.29. The highest BCUT2D eigenvalue weighted by Gasteiger charge is 2.31. The Hall–Kier alpha value is -4.02. The van der Waals surface area contributed by atoms with Gasteiger partial charge in [-0.25, -0.2) is 4.98 Å². The smallest absolute Gasteiger partial charge is 0.505 e. The maximum Gasteiger partial charge on any atom is 0.573 e. The lowest BCUT2D eigenvalue weighted by Gasteiger charge is -2.11. The Morgan fingerprint density at radius 2 is 1.67 bits per heavy atom. The summed E-state index contributed by atoms with van der Waals surface area (Å²) in [7, 11) is 0. The number of rotatable bonds is 6. The predicted octanol–water partition coefficient (Wildman–Crippen LogP) is 3.45. The number of amides is 1. The van der Waals surface area contributed by atoms with E-state index in [0.717, 1.165) is 12.1 Å². The average molecular weight is 422 g/mol. The molecule has 0 atom stereocenters. The summed E-state index contributed by atoms with van der Waals surface area (Å²) in [5, 5.41) is 21.7. The Morgan fingerprint density at radius 1 is 1.03 bits per heavy atom. The Bertz CT molecular complexity index is 1100. The van der Waals surface area contributed by atoms with Crippen molar-refractivity contribution in [3.63, 3.8) is 0 Å². The number of benzene rings is 2. The molecule has 3 N–H and O–H groups in total. The van der Waals surface area contributed by atoms with Gasteiger partial charge in [-0.3, -0.25) is 9.59 Å². The van der Waals surface area contributed by atoms with Crippen LogP contribution >= 0.6 is 0 Å². The van der Waals surface area contributed by atoms with Gasteiger partial charge in [-0.1, -0.05) is 0 Å². The van der Waals surface area contributed by atoms with Crippen molar-refractivity contribution in [2.45, 2.75) is 6.36 Å². The Morgan fingerprint density at radius 3 is 2.30 bits per heavy atom. The molecule has 0 spiro atoms. The standard InChI is InChI=1S/C19H13F3N2O6/c20-19(21,22)30-12-3-1-11(2-4-12)29-13-5-6-14-10(7-13)8-23-16(17(14)27)18(28)24-9-15(25)26/h1-8,27H,9H2,(H,24,28)(H,25,26). The minimum absolute atomic E-state index is 0.241. The molecule has 11 heteroatoms. The molecular formula is C19H13F3N2O6. The molecule has 2 aromatic carbocycles. The molecular weight excluding hydrogens is 409 g/mol. The molecule has 0 unspecified atom stereocenters. The number of nitrogens with one attached hydrogen (secondary N) is 1. The number of ether oxygens (including phenoxy) is 2. The molecule has 0 aliphatic heterocycles. The predicted molar refractivity (Wildman–Crippen MR) is 96.6 cm³/mol. The highest BCUT2D eigenvalue weighted by Crippen LogP contribution is 2.32. The number of halogens is 3. The van der Waals surface area contributed by atoms with Crippen molar-refractivity contribution in [1.82, 2.24) is 10.3 Å². The van der Waals surface area contributed by atoms with Gasteiger partial charge in [0, 0.05) is 17.0 Å². The van der Waals surface area contributed by atoms with Crippen LogP contribution in [0.1, 0.15) is 10.5 Å². The van der Waals surface area contributed by atoms with Crippen molar-refractivity contribution < 1.29 is 42.4 Å². The van der Waals surface area contributed by atoms with Gasteiger partial charge in [-0.2, -0.15) is 0 Å². The number of pyridine rings is 1. The number of hydrogen-bond donors (Lipinski definition) is 3. The molecule has 1 heterocycles. The minimum atomic E-state index is -4.79. The molecule has 0 radical (unpaired) electrons. The van der Waals surface area contributed by atoms with E-state index in [9.17, 15) is 27.9 Å². The van der Waals surface area contributed by atoms with Gasteiger partial charge in [0.15, 0.2) is 11.4 Å². The number of nitrogens with zero attached hydrogens (tertiary/aromatic N) is 1. The zero-order valence-corrected chi connectivity index (χ0v) is 14.9. The lowest BCUT2D eigenvalue weighted by molar-refractivity contribution is -0.274. The topological polar surface area (TPSA) is 118 Å². The number of carbonyl (C=O) groups excluding carboxylic acids is 1. The summed E-state index contributed by atoms with van der Waals surface area (Å²) < 4.78 is 45.9. The number of hydrogen-bond acceptors (Lipinski definition) is 6. The van der Waals surface area contributed by atoms with Gasteiger partial charge < -0.3 is 25.0 Å². The molecule has 30 heavy (non-hydrogen) atoms. The van der Waals surface area contributed by atoms with Crippen LogP contribution in [0.25, 0.3) is 10.8 Å². The van der Waals surface area contributed by atoms with Crippen molar-refractivity contribution in [3.8, 4) is 23.0 Å². The monoisotopic (exact) mass is 422 g/mol. The van der Waals surface area contributed by atoms with Gasteiger partial charge >= 0.3 is 12.3 Å². The summed E-state index contributed by atoms with van der Waals surface area (Å²) >= 11 is 0. The van der Waals surface area contributed by atoms with E-state index in [1.807, 2.05) is 0 Å². The van der Waals surface area contributed by atoms with E-state index in [-0.39, 0.29) is 16.8 Å². The van der Waals surface area contributed by atoms with Crippen molar-refractivity contribution in [2.75, 3.05) is 6.54 Å². The van der Waals surface area contributed by atoms with Crippen LogP contribution in [0.2, 0.25) is 0 Å². The van der Waals surface area contributed by atoms with E-state index in [1.54, 1.807) is 0 Å². The van der Waals surface area contributed by atoms with E-state index in [0.29, 0.717) is 11.1 Å². The summed E-state index contributed by atoms with van der Waals surface area (Å²) in [6.07, 6.45) is -3.50. The molecule has 0 aliphatic rings. The summed E-state index contributed by atoms with van der Waals surface area (Å²) in [5.41, 5.74) is -0.335. The highest BCUT2D eigenvalue weighted by molar-refractivity contribution is 6.02. The van der Waals surface area contributed by atoms with Crippen LogP contribution in [0.3, 0.4) is 0 Å². The van der Waals surface area contributed by atoms with Crippen LogP contribution in [0.5, 0.6) is 23.0 Å². The number of carbonyl (C=O) groups is 2. The molecule has 3 rings (SSSR count). The van der Waals surface area contributed by atoms with Gasteiger partial charge in [0.1, 0.15) is 23.8 Å². The first-order chi connectivity index (χ1) is 14.1. The zero-order chi connectivity index (χ0) is 21.9. The van der Waals surface area contributed by atoms with Crippen molar-refractivity contribution >= 4 is 22.6 Å². The number of aliphatic carboxylic acids is 1. The van der Waals surface area contributed by atoms with Crippen molar-refractivity contribution in [3.05, 3.63) is 54.4 Å². The number of aromatic nitrogens is 1. The molecule has 8 nitrogen and oxygen atoms in total. The first kappa shape index (κ1) is 20.7.